The minimum absolute atomic E-state index is 0.0448. The van der Waals surface area contributed by atoms with Gasteiger partial charge in [-0.3, -0.25) is 30.3 Å². The highest BCUT2D eigenvalue weighted by molar-refractivity contribution is 7.87. The molecule has 1 aliphatic carbocycles. The largest absolute Gasteiger partial charge is 0.493 e. The van der Waals surface area contributed by atoms with Gasteiger partial charge in [0, 0.05) is 95.5 Å². The Balaban J connectivity index is 1.47. The zero-order valence-electron chi connectivity index (χ0n) is 35.0. The Morgan fingerprint density at radius 3 is 1.03 bits per heavy atom. The lowest BCUT2D eigenvalue weighted by molar-refractivity contribution is -0.385. The molecule has 0 saturated carbocycles. The summed E-state index contributed by atoms with van der Waals surface area (Å²) >= 11 is 0. The molecule has 0 spiro atoms. The van der Waals surface area contributed by atoms with E-state index in [0.29, 0.717) is 52.0 Å². The molecule has 0 saturated heterocycles. The Morgan fingerprint density at radius 1 is 0.431 bits per heavy atom. The standard InChI is InChI=1S/C46H41N3O14S2/c1-3-22-60-43-30-8-5-9-31(43)25-33-11-7-13-35(46(33)63-65(58,59)42-20-16-39(17-21-42)48(52)53)27-37-29-40(49(54)55)28-36(44(37)61-23-4-2)26-34-12-6-10-32(24-30)45(34)62-64(56,57)41-18-14-38(15-19-41)47(50)51/h5-21,28-29H,3-4,22-27H2,1-2H3. The Kier molecular flexibility index (Phi) is 13.5. The number of hydrogen-bond acceptors (Lipinski definition) is 14. The van der Waals surface area contributed by atoms with E-state index in [-0.39, 0.29) is 94.1 Å². The zero-order chi connectivity index (χ0) is 46.5. The number of nitro groups is 3. The van der Waals surface area contributed by atoms with Crippen molar-refractivity contribution in [3.8, 4) is 23.0 Å². The minimum Gasteiger partial charge on any atom is -0.493 e. The molecule has 8 bridgehead atoms. The third-order valence-corrected chi connectivity index (χ3v) is 12.9. The smallest absolute Gasteiger partial charge is 0.339 e. The van der Waals surface area contributed by atoms with E-state index in [2.05, 4.69) is 0 Å². The van der Waals surface area contributed by atoms with Gasteiger partial charge < -0.3 is 17.8 Å². The molecule has 0 radical (unpaired) electrons. The Morgan fingerprint density at radius 2 is 0.723 bits per heavy atom. The van der Waals surface area contributed by atoms with Crippen molar-refractivity contribution in [3.05, 3.63) is 190 Å². The summed E-state index contributed by atoms with van der Waals surface area (Å²) < 4.78 is 80.9. The maximum Gasteiger partial charge on any atom is 0.339 e. The van der Waals surface area contributed by atoms with Crippen molar-refractivity contribution in [1.82, 2.24) is 0 Å². The third kappa shape index (κ3) is 10.2. The molecule has 7 rings (SSSR count). The number of non-ortho nitro benzene ring substituents is 3. The predicted octanol–water partition coefficient (Wildman–Crippen LogP) is 9.20. The molecule has 0 N–H and O–H groups in total. The average Bonchev–Trinajstić information content (AvgIpc) is 3.27. The van der Waals surface area contributed by atoms with Crippen molar-refractivity contribution >= 4 is 37.3 Å². The first kappa shape index (κ1) is 45.6. The number of benzene rings is 6. The number of hydrogen-bond donors (Lipinski definition) is 0. The van der Waals surface area contributed by atoms with Gasteiger partial charge in [0.1, 0.15) is 32.8 Å². The summed E-state index contributed by atoms with van der Waals surface area (Å²) in [5, 5.41) is 35.3. The quantitative estimate of drug-likeness (QED) is 0.0530. The summed E-state index contributed by atoms with van der Waals surface area (Å²) in [7, 11) is -9.28. The molecule has 0 unspecified atom stereocenters. The van der Waals surface area contributed by atoms with E-state index >= 15 is 0 Å². The van der Waals surface area contributed by atoms with Crippen LogP contribution in [0.3, 0.4) is 0 Å². The van der Waals surface area contributed by atoms with Crippen LogP contribution in [0.2, 0.25) is 0 Å². The fraction of sp³-hybridized carbons (Fsp3) is 0.217. The molecule has 336 valence electrons. The van der Waals surface area contributed by atoms with Crippen molar-refractivity contribution in [2.45, 2.75) is 62.2 Å². The van der Waals surface area contributed by atoms with Crippen LogP contribution in [0.4, 0.5) is 17.1 Å². The van der Waals surface area contributed by atoms with Crippen LogP contribution in [0.25, 0.3) is 0 Å². The molecule has 0 fully saturated rings. The van der Waals surface area contributed by atoms with Gasteiger partial charge in [-0.25, -0.2) is 0 Å². The van der Waals surface area contributed by atoms with Crippen molar-refractivity contribution < 1.29 is 49.4 Å². The van der Waals surface area contributed by atoms with Gasteiger partial charge in [-0.1, -0.05) is 68.4 Å². The lowest BCUT2D eigenvalue weighted by Crippen LogP contribution is -2.15. The topological polar surface area (TPSA) is 235 Å². The number of nitrogens with zero attached hydrogens (tertiary/aromatic N) is 3. The molecule has 0 amide bonds. The second kappa shape index (κ2) is 19.2. The Bertz CT molecular complexity index is 2850. The normalized spacial score (nSPS) is 12.5. The minimum atomic E-state index is -4.64. The van der Waals surface area contributed by atoms with Gasteiger partial charge in [-0.05, 0) is 48.2 Å². The molecule has 1 aliphatic rings. The molecule has 17 nitrogen and oxygen atoms in total. The van der Waals surface area contributed by atoms with Crippen LogP contribution in [0, 0.1) is 30.3 Å². The van der Waals surface area contributed by atoms with Gasteiger partial charge in [0.25, 0.3) is 17.1 Å². The van der Waals surface area contributed by atoms with E-state index in [9.17, 15) is 47.2 Å². The van der Waals surface area contributed by atoms with Crippen LogP contribution in [0.5, 0.6) is 23.0 Å². The van der Waals surface area contributed by atoms with E-state index in [4.69, 9.17) is 17.8 Å². The van der Waals surface area contributed by atoms with Crippen molar-refractivity contribution in [3.63, 3.8) is 0 Å². The number of rotatable bonds is 15. The van der Waals surface area contributed by atoms with E-state index in [1.54, 1.807) is 54.6 Å². The first-order chi connectivity index (χ1) is 31.1. The van der Waals surface area contributed by atoms with Crippen LogP contribution < -0.4 is 17.8 Å². The van der Waals surface area contributed by atoms with Gasteiger partial charge >= 0.3 is 20.2 Å². The monoisotopic (exact) mass is 923 g/mol. The fourth-order valence-corrected chi connectivity index (χ4v) is 9.45. The highest BCUT2D eigenvalue weighted by atomic mass is 32.2. The van der Waals surface area contributed by atoms with Crippen LogP contribution in [-0.4, -0.2) is 44.8 Å². The lowest BCUT2D eigenvalue weighted by Gasteiger charge is -2.22. The summed E-state index contributed by atoms with van der Waals surface area (Å²) in [6.45, 7) is 4.25. The Labute approximate surface area is 373 Å². The van der Waals surface area contributed by atoms with Crippen LogP contribution in [-0.2, 0) is 45.9 Å². The second-order valence-electron chi connectivity index (χ2n) is 15.0. The van der Waals surface area contributed by atoms with Crippen molar-refractivity contribution in [2.75, 3.05) is 13.2 Å². The fourth-order valence-electron chi connectivity index (χ4n) is 7.45. The Hall–Kier alpha value is -7.38. The van der Waals surface area contributed by atoms with Crippen LogP contribution >= 0.6 is 0 Å². The number of fused-ring (bicyclic) bond motifs is 8. The van der Waals surface area contributed by atoms with E-state index in [0.717, 1.165) is 48.5 Å². The molecule has 6 aromatic rings. The average molecular weight is 924 g/mol. The summed E-state index contributed by atoms with van der Waals surface area (Å²) in [4.78, 5) is 32.7. The molecule has 19 heteroatoms. The van der Waals surface area contributed by atoms with E-state index in [1.807, 2.05) is 13.8 Å². The molecule has 0 aliphatic heterocycles. The van der Waals surface area contributed by atoms with Crippen molar-refractivity contribution in [1.29, 1.82) is 0 Å². The summed E-state index contributed by atoms with van der Waals surface area (Å²) in [6.07, 6.45) is 0.944. The highest BCUT2D eigenvalue weighted by Crippen LogP contribution is 2.41. The molecule has 0 aromatic heterocycles. The highest BCUT2D eigenvalue weighted by Gasteiger charge is 2.29. The van der Waals surface area contributed by atoms with Crippen LogP contribution in [0.15, 0.2) is 125 Å². The first-order valence-corrected chi connectivity index (χ1v) is 23.2. The van der Waals surface area contributed by atoms with E-state index in [1.165, 1.54) is 12.1 Å². The maximum atomic E-state index is 14.0. The van der Waals surface area contributed by atoms with Gasteiger partial charge in [-0.2, -0.15) is 16.8 Å². The summed E-state index contributed by atoms with van der Waals surface area (Å²) in [5.74, 6) is 0.532. The van der Waals surface area contributed by atoms with Gasteiger partial charge in [0.2, 0.25) is 0 Å². The van der Waals surface area contributed by atoms with Gasteiger partial charge in [-0.15, -0.1) is 0 Å². The zero-order valence-corrected chi connectivity index (χ0v) is 36.6. The summed E-state index contributed by atoms with van der Waals surface area (Å²) in [6, 6.07) is 26.5. The number of nitro benzene ring substituents is 3. The number of para-hydroxylation sites is 3. The molecular weight excluding hydrogens is 883 g/mol. The molecule has 65 heavy (non-hydrogen) atoms. The SMILES string of the molecule is CCCOc1c2cccc1Cc1cccc(c1OS(=O)(=O)c1ccc([N+](=O)[O-])cc1)Cc1cc([N+](=O)[O-])cc(c1OCCC)Cc1cccc(c1OS(=O)(=O)c1ccc([N+](=O)[O-])cc1)C2. The molecule has 6 aromatic carbocycles. The maximum absolute atomic E-state index is 14.0. The molecule has 0 atom stereocenters. The molecular formula is C46H41N3O14S2. The number of ether oxygens (including phenoxy) is 2. The second-order valence-corrected chi connectivity index (χ2v) is 18.1. The molecule has 0 heterocycles. The predicted molar refractivity (Wildman–Crippen MR) is 237 cm³/mol. The third-order valence-electron chi connectivity index (χ3n) is 10.5. The summed E-state index contributed by atoms with van der Waals surface area (Å²) in [5.41, 5.74) is 2.21. The van der Waals surface area contributed by atoms with Crippen LogP contribution in [0.1, 0.15) is 71.2 Å². The first-order valence-electron chi connectivity index (χ1n) is 20.3. The van der Waals surface area contributed by atoms with E-state index < -0.39 is 35.0 Å². The van der Waals surface area contributed by atoms with Gasteiger partial charge in [0.15, 0.2) is 0 Å². The van der Waals surface area contributed by atoms with Crippen molar-refractivity contribution in [2.24, 2.45) is 0 Å². The van der Waals surface area contributed by atoms with Gasteiger partial charge in [0.05, 0.1) is 28.0 Å². The lowest BCUT2D eigenvalue weighted by atomic mass is 9.91.